The van der Waals surface area contributed by atoms with E-state index in [1.807, 2.05) is 0 Å². The van der Waals surface area contributed by atoms with Crippen LogP contribution in [-0.2, 0) is 10.8 Å². The van der Waals surface area contributed by atoms with Crippen LogP contribution in [0.25, 0.3) is 0 Å². The van der Waals surface area contributed by atoms with E-state index >= 15 is 0 Å². The van der Waals surface area contributed by atoms with Gasteiger partial charge >= 0.3 is 6.03 Å². The third-order valence-corrected chi connectivity index (χ3v) is 6.50. The van der Waals surface area contributed by atoms with Gasteiger partial charge in [0.05, 0.1) is 0 Å². The van der Waals surface area contributed by atoms with Gasteiger partial charge in [0, 0.05) is 40.4 Å². The Hall–Kier alpha value is -0.580. The number of rotatable bonds is 1. The molecule has 0 aromatic carbocycles. The first kappa shape index (κ1) is 13.4. The molecule has 1 N–H and O–H groups in total. The Balaban J connectivity index is 1.63. The van der Waals surface area contributed by atoms with E-state index < -0.39 is 10.8 Å². The number of carbonyl (C=O) groups excluding carboxylic acids is 1. The summed E-state index contributed by atoms with van der Waals surface area (Å²) < 4.78 is 11.4. The standard InChI is InChI=1S/C14H24N2O2S/c17-13(15-12-5-10-19(18)11-12)16-9-4-8-14(16)6-2-1-3-7-14/h12H,1-11H2,(H,15,17). The fourth-order valence-electron chi connectivity index (χ4n) is 4.02. The third kappa shape index (κ3) is 2.67. The number of nitrogens with zero attached hydrogens (tertiary/aromatic N) is 1. The summed E-state index contributed by atoms with van der Waals surface area (Å²) in [6.45, 7) is 0.904. The highest BCUT2D eigenvalue weighted by atomic mass is 32.2. The third-order valence-electron chi connectivity index (χ3n) is 5.03. The molecule has 3 rings (SSSR count). The van der Waals surface area contributed by atoms with Gasteiger partial charge in [-0.15, -0.1) is 0 Å². The van der Waals surface area contributed by atoms with Crippen LogP contribution < -0.4 is 5.32 Å². The number of hydrogen-bond acceptors (Lipinski definition) is 2. The lowest BCUT2D eigenvalue weighted by atomic mass is 9.80. The molecule has 1 aliphatic carbocycles. The molecule has 1 saturated carbocycles. The van der Waals surface area contributed by atoms with Crippen LogP contribution in [0.3, 0.4) is 0 Å². The van der Waals surface area contributed by atoms with Crippen molar-refractivity contribution in [2.45, 2.75) is 62.9 Å². The average Bonchev–Trinajstić information content (AvgIpc) is 2.98. The van der Waals surface area contributed by atoms with Crippen molar-refractivity contribution in [1.82, 2.24) is 10.2 Å². The van der Waals surface area contributed by atoms with E-state index in [9.17, 15) is 9.00 Å². The van der Waals surface area contributed by atoms with Gasteiger partial charge < -0.3 is 10.2 Å². The number of urea groups is 1. The van der Waals surface area contributed by atoms with Crippen LogP contribution in [0.1, 0.15) is 51.4 Å². The number of carbonyl (C=O) groups is 1. The molecular weight excluding hydrogens is 260 g/mol. The molecule has 0 bridgehead atoms. The molecule has 5 heteroatoms. The van der Waals surface area contributed by atoms with Gasteiger partial charge in [-0.1, -0.05) is 19.3 Å². The van der Waals surface area contributed by atoms with Crippen molar-refractivity contribution in [1.29, 1.82) is 0 Å². The zero-order chi connectivity index (χ0) is 13.3. The highest BCUT2D eigenvalue weighted by Gasteiger charge is 2.44. The van der Waals surface area contributed by atoms with Crippen LogP contribution in [0.5, 0.6) is 0 Å². The molecule has 2 amide bonds. The zero-order valence-electron chi connectivity index (χ0n) is 11.5. The van der Waals surface area contributed by atoms with Gasteiger partial charge in [-0.25, -0.2) is 4.79 Å². The Morgan fingerprint density at radius 3 is 2.58 bits per heavy atom. The SMILES string of the molecule is O=C(NC1CCS(=O)C1)N1CCCC12CCCCC2. The molecule has 108 valence electrons. The lowest BCUT2D eigenvalue weighted by molar-refractivity contribution is 0.111. The lowest BCUT2D eigenvalue weighted by Crippen LogP contribution is -2.54. The average molecular weight is 284 g/mol. The maximum absolute atomic E-state index is 12.5. The molecule has 0 radical (unpaired) electrons. The number of hydrogen-bond donors (Lipinski definition) is 1. The molecule has 0 aromatic rings. The minimum Gasteiger partial charge on any atom is -0.334 e. The van der Waals surface area contributed by atoms with Gasteiger partial charge in [0.25, 0.3) is 0 Å². The minimum atomic E-state index is -0.717. The van der Waals surface area contributed by atoms with Gasteiger partial charge in [-0.2, -0.15) is 0 Å². The first-order chi connectivity index (χ1) is 9.20. The fourth-order valence-corrected chi connectivity index (χ4v) is 5.43. The van der Waals surface area contributed by atoms with Crippen molar-refractivity contribution in [3.63, 3.8) is 0 Å². The second-order valence-electron chi connectivity index (χ2n) is 6.29. The highest BCUT2D eigenvalue weighted by Crippen LogP contribution is 2.41. The summed E-state index contributed by atoms with van der Waals surface area (Å²) in [7, 11) is -0.717. The highest BCUT2D eigenvalue weighted by molar-refractivity contribution is 7.85. The predicted molar refractivity (Wildman–Crippen MR) is 76.6 cm³/mol. The van der Waals surface area contributed by atoms with E-state index in [4.69, 9.17) is 0 Å². The predicted octanol–water partition coefficient (Wildman–Crippen LogP) is 2.02. The summed E-state index contributed by atoms with van der Waals surface area (Å²) >= 11 is 0. The zero-order valence-corrected chi connectivity index (χ0v) is 12.3. The number of amides is 2. The monoisotopic (exact) mass is 284 g/mol. The quantitative estimate of drug-likeness (QED) is 0.801. The summed E-state index contributed by atoms with van der Waals surface area (Å²) in [5, 5.41) is 3.12. The Morgan fingerprint density at radius 1 is 1.16 bits per heavy atom. The Bertz CT molecular complexity index is 380. The van der Waals surface area contributed by atoms with Gasteiger partial charge in [0.2, 0.25) is 0 Å². The molecule has 1 spiro atoms. The summed E-state index contributed by atoms with van der Waals surface area (Å²) in [6.07, 6.45) is 9.39. The van der Waals surface area contributed by atoms with Crippen LogP contribution in [0.2, 0.25) is 0 Å². The summed E-state index contributed by atoms with van der Waals surface area (Å²) in [5.41, 5.74) is 0.153. The van der Waals surface area contributed by atoms with Crippen molar-refractivity contribution in [2.24, 2.45) is 0 Å². The first-order valence-electron chi connectivity index (χ1n) is 7.63. The molecule has 3 aliphatic rings. The van der Waals surface area contributed by atoms with Gasteiger partial charge in [0.1, 0.15) is 0 Å². The maximum Gasteiger partial charge on any atom is 0.318 e. The van der Waals surface area contributed by atoms with E-state index in [1.54, 1.807) is 0 Å². The maximum atomic E-state index is 12.5. The molecule has 2 heterocycles. The Labute approximate surface area is 117 Å². The molecule has 19 heavy (non-hydrogen) atoms. The van der Waals surface area contributed by atoms with Gasteiger partial charge in [-0.3, -0.25) is 4.21 Å². The van der Waals surface area contributed by atoms with Crippen LogP contribution >= 0.6 is 0 Å². The number of nitrogens with one attached hydrogen (secondary N) is 1. The van der Waals surface area contributed by atoms with Crippen LogP contribution in [0.15, 0.2) is 0 Å². The molecule has 4 nitrogen and oxygen atoms in total. The van der Waals surface area contributed by atoms with E-state index in [0.29, 0.717) is 5.75 Å². The van der Waals surface area contributed by atoms with Gasteiger partial charge in [0.15, 0.2) is 0 Å². The van der Waals surface area contributed by atoms with Crippen molar-refractivity contribution in [3.05, 3.63) is 0 Å². The molecule has 2 saturated heterocycles. The van der Waals surface area contributed by atoms with E-state index in [-0.39, 0.29) is 17.6 Å². The largest absolute Gasteiger partial charge is 0.334 e. The summed E-state index contributed by atoms with van der Waals surface area (Å²) in [5.74, 6) is 1.39. The van der Waals surface area contributed by atoms with Crippen LogP contribution in [-0.4, -0.2) is 44.8 Å². The topological polar surface area (TPSA) is 49.4 Å². The van der Waals surface area contributed by atoms with E-state index in [1.165, 1.54) is 38.5 Å². The molecule has 0 aromatic heterocycles. The number of likely N-dealkylation sites (tertiary alicyclic amines) is 1. The molecule has 3 fully saturated rings. The Kier molecular flexibility index (Phi) is 3.83. The lowest BCUT2D eigenvalue weighted by Gasteiger charge is -2.42. The molecule has 2 unspecified atom stereocenters. The smallest absolute Gasteiger partial charge is 0.318 e. The molecular formula is C14H24N2O2S. The van der Waals surface area contributed by atoms with Crippen molar-refractivity contribution in [2.75, 3.05) is 18.1 Å². The van der Waals surface area contributed by atoms with Gasteiger partial charge in [-0.05, 0) is 32.1 Å². The molecule has 2 aliphatic heterocycles. The summed E-state index contributed by atoms with van der Waals surface area (Å²) in [6, 6.07) is 0.234. The second-order valence-corrected chi connectivity index (χ2v) is 7.91. The van der Waals surface area contributed by atoms with E-state index in [0.717, 1.165) is 25.1 Å². The fraction of sp³-hybridized carbons (Fsp3) is 0.929. The van der Waals surface area contributed by atoms with Crippen molar-refractivity contribution >= 4 is 16.8 Å². The van der Waals surface area contributed by atoms with Crippen molar-refractivity contribution < 1.29 is 9.00 Å². The van der Waals surface area contributed by atoms with Crippen LogP contribution in [0, 0.1) is 0 Å². The van der Waals surface area contributed by atoms with E-state index in [2.05, 4.69) is 10.2 Å². The summed E-state index contributed by atoms with van der Waals surface area (Å²) in [4.78, 5) is 14.6. The molecule has 2 atom stereocenters. The Morgan fingerprint density at radius 2 is 1.89 bits per heavy atom. The normalized spacial score (nSPS) is 33.8. The second kappa shape index (κ2) is 5.43. The first-order valence-corrected chi connectivity index (χ1v) is 9.12. The van der Waals surface area contributed by atoms with Crippen molar-refractivity contribution in [3.8, 4) is 0 Å². The van der Waals surface area contributed by atoms with Crippen LogP contribution in [0.4, 0.5) is 4.79 Å². The minimum absolute atomic E-state index is 0.100.